The molecule has 1 amide bonds. The molecule has 1 N–H and O–H groups in total. The molecule has 1 aromatic rings. The summed E-state index contributed by atoms with van der Waals surface area (Å²) in [5.41, 5.74) is 0.111. The van der Waals surface area contributed by atoms with Gasteiger partial charge in [-0.1, -0.05) is 15.9 Å². The van der Waals surface area contributed by atoms with E-state index < -0.39 is 5.82 Å². The van der Waals surface area contributed by atoms with Gasteiger partial charge in [0.25, 0.3) is 5.91 Å². The lowest BCUT2D eigenvalue weighted by Gasteiger charge is -2.18. The highest BCUT2D eigenvalue weighted by atomic mass is 79.9. The van der Waals surface area contributed by atoms with Crippen molar-refractivity contribution in [3.63, 3.8) is 0 Å². The number of amides is 1. The standard InChI is InChI=1S/C8H5BrFNO2/c9-4-1-5(10)8-6(2-4)13-3-7(12)11-8/h1-2H,3H2,(H,11,12). The number of halogens is 2. The molecule has 1 heterocycles. The minimum absolute atomic E-state index is 0.0666. The van der Waals surface area contributed by atoms with Gasteiger partial charge in [0.1, 0.15) is 11.4 Å². The third-order valence-electron chi connectivity index (χ3n) is 1.64. The molecule has 68 valence electrons. The van der Waals surface area contributed by atoms with Gasteiger partial charge in [-0.25, -0.2) is 4.39 Å². The smallest absolute Gasteiger partial charge is 0.262 e. The van der Waals surface area contributed by atoms with E-state index in [1.807, 2.05) is 0 Å². The first-order valence-corrected chi connectivity index (χ1v) is 4.38. The van der Waals surface area contributed by atoms with E-state index in [1.54, 1.807) is 6.07 Å². The molecule has 1 aliphatic heterocycles. The predicted molar refractivity (Wildman–Crippen MR) is 48.2 cm³/mol. The minimum Gasteiger partial charge on any atom is -0.481 e. The van der Waals surface area contributed by atoms with Crippen LogP contribution in [0.25, 0.3) is 0 Å². The summed E-state index contributed by atoms with van der Waals surface area (Å²) in [5.74, 6) is -0.488. The second-order valence-electron chi connectivity index (χ2n) is 2.60. The number of hydrogen-bond donors (Lipinski definition) is 1. The van der Waals surface area contributed by atoms with Crippen LogP contribution < -0.4 is 10.1 Å². The van der Waals surface area contributed by atoms with Gasteiger partial charge in [0.05, 0.1) is 0 Å². The fourth-order valence-electron chi connectivity index (χ4n) is 1.10. The Balaban J connectivity index is 2.53. The average molecular weight is 246 g/mol. The van der Waals surface area contributed by atoms with Crippen molar-refractivity contribution in [1.29, 1.82) is 0 Å². The molecule has 0 bridgehead atoms. The Morgan fingerprint density at radius 3 is 3.08 bits per heavy atom. The van der Waals surface area contributed by atoms with Crippen LogP contribution in [0.1, 0.15) is 0 Å². The Hall–Kier alpha value is -1.10. The van der Waals surface area contributed by atoms with Gasteiger partial charge in [-0.15, -0.1) is 0 Å². The third-order valence-corrected chi connectivity index (χ3v) is 2.10. The van der Waals surface area contributed by atoms with Crippen LogP contribution in [0.4, 0.5) is 10.1 Å². The highest BCUT2D eigenvalue weighted by molar-refractivity contribution is 9.10. The summed E-state index contributed by atoms with van der Waals surface area (Å²) in [6.45, 7) is -0.0666. The van der Waals surface area contributed by atoms with Gasteiger partial charge in [-0.05, 0) is 12.1 Å². The summed E-state index contributed by atoms with van der Waals surface area (Å²) >= 11 is 3.12. The molecular formula is C8H5BrFNO2. The van der Waals surface area contributed by atoms with Crippen molar-refractivity contribution < 1.29 is 13.9 Å². The fourth-order valence-corrected chi connectivity index (χ4v) is 1.51. The van der Waals surface area contributed by atoms with Crippen molar-refractivity contribution >= 4 is 27.5 Å². The zero-order valence-electron chi connectivity index (χ0n) is 6.43. The van der Waals surface area contributed by atoms with E-state index >= 15 is 0 Å². The SMILES string of the molecule is O=C1COc2cc(Br)cc(F)c2N1. The molecule has 0 atom stereocenters. The van der Waals surface area contributed by atoms with Crippen LogP contribution in [0.2, 0.25) is 0 Å². The zero-order chi connectivity index (χ0) is 9.42. The lowest BCUT2D eigenvalue weighted by Crippen LogP contribution is -2.26. The van der Waals surface area contributed by atoms with Crippen LogP contribution in [0.3, 0.4) is 0 Å². The van der Waals surface area contributed by atoms with Crippen LogP contribution in [-0.2, 0) is 4.79 Å². The molecule has 0 aliphatic carbocycles. The topological polar surface area (TPSA) is 38.3 Å². The first-order valence-electron chi connectivity index (χ1n) is 3.58. The molecule has 0 saturated heterocycles. The second-order valence-corrected chi connectivity index (χ2v) is 3.51. The van der Waals surface area contributed by atoms with E-state index in [-0.39, 0.29) is 18.2 Å². The molecule has 1 aromatic carbocycles. The number of carbonyl (C=O) groups is 1. The van der Waals surface area contributed by atoms with Crippen LogP contribution in [0.15, 0.2) is 16.6 Å². The number of hydrogen-bond acceptors (Lipinski definition) is 2. The summed E-state index contributed by atoms with van der Waals surface area (Å²) in [6, 6.07) is 2.88. The maximum atomic E-state index is 13.2. The number of benzene rings is 1. The Morgan fingerprint density at radius 1 is 1.54 bits per heavy atom. The Kier molecular flexibility index (Phi) is 1.95. The van der Waals surface area contributed by atoms with Gasteiger partial charge in [0.15, 0.2) is 12.4 Å². The largest absolute Gasteiger partial charge is 0.481 e. The number of ether oxygens (including phenoxy) is 1. The molecule has 3 nitrogen and oxygen atoms in total. The first kappa shape index (κ1) is 8.50. The number of nitrogens with one attached hydrogen (secondary N) is 1. The molecule has 0 unspecified atom stereocenters. The molecule has 0 radical (unpaired) electrons. The molecule has 13 heavy (non-hydrogen) atoms. The predicted octanol–water partition coefficient (Wildman–Crippen LogP) is 1.92. The van der Waals surface area contributed by atoms with Crippen LogP contribution >= 0.6 is 15.9 Å². The molecule has 0 saturated carbocycles. The molecule has 0 fully saturated rings. The number of rotatable bonds is 0. The van der Waals surface area contributed by atoms with E-state index in [1.165, 1.54) is 6.07 Å². The summed E-state index contributed by atoms with van der Waals surface area (Å²) in [6.07, 6.45) is 0. The zero-order valence-corrected chi connectivity index (χ0v) is 8.02. The number of carbonyl (C=O) groups excluding carboxylic acids is 1. The van der Waals surface area contributed by atoms with Crippen molar-refractivity contribution in [1.82, 2.24) is 0 Å². The van der Waals surface area contributed by atoms with E-state index in [2.05, 4.69) is 21.2 Å². The summed E-state index contributed by atoms with van der Waals surface area (Å²) in [5, 5.41) is 2.40. The van der Waals surface area contributed by atoms with Gasteiger partial charge < -0.3 is 10.1 Å². The number of fused-ring (bicyclic) bond motifs is 1. The maximum Gasteiger partial charge on any atom is 0.262 e. The maximum absolute atomic E-state index is 13.2. The molecule has 0 spiro atoms. The highest BCUT2D eigenvalue weighted by Crippen LogP contribution is 2.33. The fraction of sp³-hybridized carbons (Fsp3) is 0.125. The van der Waals surface area contributed by atoms with Crippen LogP contribution in [-0.4, -0.2) is 12.5 Å². The average Bonchev–Trinajstić information content (AvgIpc) is 2.06. The summed E-state index contributed by atoms with van der Waals surface area (Å²) < 4.78 is 18.8. The Labute approximate surface area is 82.0 Å². The molecule has 2 rings (SSSR count). The van der Waals surface area contributed by atoms with Crippen LogP contribution in [0, 0.1) is 5.82 Å². The Morgan fingerprint density at radius 2 is 2.31 bits per heavy atom. The lowest BCUT2D eigenvalue weighted by molar-refractivity contribution is -0.118. The van der Waals surface area contributed by atoms with Crippen LogP contribution in [0.5, 0.6) is 5.75 Å². The normalized spacial score (nSPS) is 14.5. The molecular weight excluding hydrogens is 241 g/mol. The minimum atomic E-state index is -0.502. The lowest BCUT2D eigenvalue weighted by atomic mass is 10.2. The molecule has 5 heteroatoms. The van der Waals surface area contributed by atoms with Gasteiger partial charge in [-0.3, -0.25) is 4.79 Å². The monoisotopic (exact) mass is 245 g/mol. The van der Waals surface area contributed by atoms with E-state index in [4.69, 9.17) is 4.74 Å². The first-order chi connectivity index (χ1) is 6.16. The van der Waals surface area contributed by atoms with Crippen molar-refractivity contribution in [2.24, 2.45) is 0 Å². The van der Waals surface area contributed by atoms with Gasteiger partial charge >= 0.3 is 0 Å². The van der Waals surface area contributed by atoms with Gasteiger partial charge in [0.2, 0.25) is 0 Å². The van der Waals surface area contributed by atoms with E-state index in [9.17, 15) is 9.18 Å². The summed E-state index contributed by atoms with van der Waals surface area (Å²) in [4.78, 5) is 10.8. The van der Waals surface area contributed by atoms with Gasteiger partial charge in [0, 0.05) is 4.47 Å². The molecule has 1 aliphatic rings. The third kappa shape index (κ3) is 1.51. The second kappa shape index (κ2) is 2.99. The van der Waals surface area contributed by atoms with Gasteiger partial charge in [-0.2, -0.15) is 0 Å². The Bertz CT molecular complexity index is 381. The highest BCUT2D eigenvalue weighted by Gasteiger charge is 2.19. The van der Waals surface area contributed by atoms with Crippen molar-refractivity contribution in [2.45, 2.75) is 0 Å². The van der Waals surface area contributed by atoms with Crippen molar-refractivity contribution in [3.05, 3.63) is 22.4 Å². The molecule has 0 aromatic heterocycles. The van der Waals surface area contributed by atoms with Crippen molar-refractivity contribution in [3.8, 4) is 5.75 Å². The number of anilines is 1. The summed E-state index contributed by atoms with van der Waals surface area (Å²) in [7, 11) is 0. The van der Waals surface area contributed by atoms with E-state index in [0.29, 0.717) is 10.2 Å². The van der Waals surface area contributed by atoms with Crippen molar-refractivity contribution in [2.75, 3.05) is 11.9 Å². The quantitative estimate of drug-likeness (QED) is 0.759. The van der Waals surface area contributed by atoms with E-state index in [0.717, 1.165) is 0 Å².